The van der Waals surface area contributed by atoms with Crippen LogP contribution in [-0.4, -0.2) is 48.4 Å². The van der Waals surface area contributed by atoms with Crippen LogP contribution in [0.3, 0.4) is 0 Å². The van der Waals surface area contributed by atoms with E-state index < -0.39 is 4.92 Å². The molecule has 0 radical (unpaired) electrons. The van der Waals surface area contributed by atoms with Gasteiger partial charge in [-0.1, -0.05) is 13.8 Å². The molecule has 0 saturated carbocycles. The van der Waals surface area contributed by atoms with E-state index in [0.717, 1.165) is 31.6 Å². The van der Waals surface area contributed by atoms with Gasteiger partial charge in [0.05, 0.1) is 29.9 Å². The lowest BCUT2D eigenvalue weighted by atomic mass is 9.95. The van der Waals surface area contributed by atoms with Crippen molar-refractivity contribution in [1.82, 2.24) is 5.32 Å². The fraction of sp³-hybridized carbons (Fsp3) is 0.667. The predicted octanol–water partition coefficient (Wildman–Crippen LogP) is 2.57. The Labute approximate surface area is 149 Å². The molecule has 7 heteroatoms. The van der Waals surface area contributed by atoms with E-state index in [4.69, 9.17) is 4.74 Å². The van der Waals surface area contributed by atoms with Gasteiger partial charge in [-0.05, 0) is 31.7 Å². The van der Waals surface area contributed by atoms with Gasteiger partial charge >= 0.3 is 0 Å². The Bertz CT molecular complexity index is 576. The molecule has 1 heterocycles. The van der Waals surface area contributed by atoms with Crippen molar-refractivity contribution >= 4 is 11.4 Å². The Hall–Kier alpha value is -1.86. The molecule has 1 aliphatic heterocycles. The largest absolute Gasteiger partial charge is 0.494 e. The number of rotatable bonds is 7. The monoisotopic (exact) mass is 351 g/mol. The summed E-state index contributed by atoms with van der Waals surface area (Å²) in [6.07, 6.45) is 1.53. The van der Waals surface area contributed by atoms with Crippen LogP contribution in [0.4, 0.5) is 11.4 Å². The van der Waals surface area contributed by atoms with E-state index in [0.29, 0.717) is 17.7 Å². The molecule has 0 bridgehead atoms. The lowest BCUT2D eigenvalue weighted by Crippen LogP contribution is -2.51. The third-order valence-electron chi connectivity index (χ3n) is 4.88. The summed E-state index contributed by atoms with van der Waals surface area (Å²) in [5.74, 6) is 0.900. The van der Waals surface area contributed by atoms with Crippen molar-refractivity contribution in [3.63, 3.8) is 0 Å². The third-order valence-corrected chi connectivity index (χ3v) is 4.88. The van der Waals surface area contributed by atoms with Gasteiger partial charge in [0, 0.05) is 31.2 Å². The van der Waals surface area contributed by atoms with Crippen LogP contribution in [0.15, 0.2) is 18.2 Å². The second kappa shape index (κ2) is 8.49. The quantitative estimate of drug-likeness (QED) is 0.580. The molecule has 2 rings (SSSR count). The van der Waals surface area contributed by atoms with Gasteiger partial charge in [0.15, 0.2) is 0 Å². The molecule has 7 nitrogen and oxygen atoms in total. The van der Waals surface area contributed by atoms with Crippen molar-refractivity contribution in [3.05, 3.63) is 28.3 Å². The second-order valence-corrected chi connectivity index (χ2v) is 7.05. The first kappa shape index (κ1) is 19.5. The summed E-state index contributed by atoms with van der Waals surface area (Å²) in [5.41, 5.74) is 0.927. The van der Waals surface area contributed by atoms with Crippen molar-refractivity contribution in [2.45, 2.75) is 51.8 Å². The van der Waals surface area contributed by atoms with Crippen molar-refractivity contribution in [2.75, 3.05) is 25.1 Å². The molecule has 1 aliphatic rings. The van der Waals surface area contributed by atoms with E-state index in [2.05, 4.69) is 24.1 Å². The summed E-state index contributed by atoms with van der Waals surface area (Å²) in [5, 5.41) is 24.4. The van der Waals surface area contributed by atoms with Crippen molar-refractivity contribution < 1.29 is 14.8 Å². The van der Waals surface area contributed by atoms with Gasteiger partial charge in [-0.3, -0.25) is 10.1 Å². The van der Waals surface area contributed by atoms with Gasteiger partial charge in [0.1, 0.15) is 5.75 Å². The molecule has 0 amide bonds. The number of hydrogen-bond donors (Lipinski definition) is 2. The molecule has 1 saturated heterocycles. The molecular weight excluding hydrogens is 322 g/mol. The minimum absolute atomic E-state index is 0.0360. The second-order valence-electron chi connectivity index (χ2n) is 7.05. The molecule has 1 aromatic rings. The smallest absolute Gasteiger partial charge is 0.273 e. The van der Waals surface area contributed by atoms with Crippen LogP contribution < -0.4 is 15.0 Å². The molecule has 2 unspecified atom stereocenters. The van der Waals surface area contributed by atoms with Gasteiger partial charge in [0.25, 0.3) is 5.69 Å². The highest BCUT2D eigenvalue weighted by Gasteiger charge is 2.27. The molecule has 140 valence electrons. The Morgan fingerprint density at radius 2 is 1.96 bits per heavy atom. The number of piperidine rings is 1. The van der Waals surface area contributed by atoms with E-state index in [9.17, 15) is 15.2 Å². The van der Waals surface area contributed by atoms with Crippen LogP contribution in [0.5, 0.6) is 5.75 Å². The molecule has 0 spiro atoms. The average Bonchev–Trinajstić information content (AvgIpc) is 2.59. The van der Waals surface area contributed by atoms with Crippen LogP contribution in [-0.2, 0) is 0 Å². The number of nitro benzene ring substituents is 1. The molecule has 25 heavy (non-hydrogen) atoms. The Kier molecular flexibility index (Phi) is 6.61. The lowest BCUT2D eigenvalue weighted by molar-refractivity contribution is -0.384. The van der Waals surface area contributed by atoms with Gasteiger partial charge in [0.2, 0.25) is 0 Å². The molecule has 1 aromatic carbocycles. The number of non-ortho nitro benzene ring substituents is 1. The zero-order valence-corrected chi connectivity index (χ0v) is 15.4. The van der Waals surface area contributed by atoms with Crippen molar-refractivity contribution in [3.8, 4) is 5.75 Å². The number of methoxy groups -OCH3 is 1. The standard InChI is InChI=1S/C18H29N3O4/c1-12(2)18(13(3)22)19-14-7-9-20(10-8-14)16-6-5-15(21(23)24)11-17(16)25-4/h5-6,11-14,18-19,22H,7-10H2,1-4H3. The molecule has 2 atom stereocenters. The fourth-order valence-electron chi connectivity index (χ4n) is 3.49. The van der Waals surface area contributed by atoms with Crippen molar-refractivity contribution in [1.29, 1.82) is 0 Å². The number of anilines is 1. The number of nitro groups is 1. The SMILES string of the molecule is COc1cc([N+](=O)[O-])ccc1N1CCC(NC(C(C)C)C(C)O)CC1. The van der Waals surface area contributed by atoms with Crippen LogP contribution in [0.2, 0.25) is 0 Å². The highest BCUT2D eigenvalue weighted by atomic mass is 16.6. The summed E-state index contributed by atoms with van der Waals surface area (Å²) in [6.45, 7) is 7.74. The molecule has 2 N–H and O–H groups in total. The first-order valence-corrected chi connectivity index (χ1v) is 8.85. The Morgan fingerprint density at radius 1 is 1.32 bits per heavy atom. The Balaban J connectivity index is 2.01. The van der Waals surface area contributed by atoms with Crippen LogP contribution >= 0.6 is 0 Å². The van der Waals surface area contributed by atoms with E-state index >= 15 is 0 Å². The van der Waals surface area contributed by atoms with E-state index in [-0.39, 0.29) is 17.8 Å². The van der Waals surface area contributed by atoms with Crippen LogP contribution in [0.1, 0.15) is 33.6 Å². The molecule has 0 aromatic heterocycles. The molecule has 0 aliphatic carbocycles. The summed E-state index contributed by atoms with van der Waals surface area (Å²) < 4.78 is 5.35. The molecule has 1 fully saturated rings. The van der Waals surface area contributed by atoms with E-state index in [1.54, 1.807) is 6.07 Å². The average molecular weight is 351 g/mol. The maximum Gasteiger partial charge on any atom is 0.273 e. The summed E-state index contributed by atoms with van der Waals surface area (Å²) in [7, 11) is 1.53. The number of hydrogen-bond acceptors (Lipinski definition) is 6. The van der Waals surface area contributed by atoms with Gasteiger partial charge < -0.3 is 20.1 Å². The van der Waals surface area contributed by atoms with E-state index in [1.807, 2.05) is 6.92 Å². The zero-order valence-electron chi connectivity index (χ0n) is 15.4. The minimum atomic E-state index is -0.412. The third kappa shape index (κ3) is 4.83. The molecular formula is C18H29N3O4. The van der Waals surface area contributed by atoms with Crippen LogP contribution in [0, 0.1) is 16.0 Å². The number of nitrogens with one attached hydrogen (secondary N) is 1. The first-order valence-electron chi connectivity index (χ1n) is 8.85. The van der Waals surface area contributed by atoms with Gasteiger partial charge in [-0.15, -0.1) is 0 Å². The topological polar surface area (TPSA) is 87.9 Å². The summed E-state index contributed by atoms with van der Waals surface area (Å²) in [4.78, 5) is 12.7. The zero-order chi connectivity index (χ0) is 18.6. The fourth-order valence-corrected chi connectivity index (χ4v) is 3.49. The maximum absolute atomic E-state index is 10.9. The first-order chi connectivity index (χ1) is 11.8. The minimum Gasteiger partial charge on any atom is -0.494 e. The van der Waals surface area contributed by atoms with Crippen molar-refractivity contribution in [2.24, 2.45) is 5.92 Å². The normalized spacial score (nSPS) is 18.2. The van der Waals surface area contributed by atoms with E-state index in [1.165, 1.54) is 19.2 Å². The van der Waals surface area contributed by atoms with Gasteiger partial charge in [-0.2, -0.15) is 0 Å². The summed E-state index contributed by atoms with van der Waals surface area (Å²) in [6, 6.07) is 5.21. The Morgan fingerprint density at radius 3 is 2.44 bits per heavy atom. The number of aliphatic hydroxyl groups excluding tert-OH is 1. The van der Waals surface area contributed by atoms with Crippen LogP contribution in [0.25, 0.3) is 0 Å². The highest BCUT2D eigenvalue weighted by Crippen LogP contribution is 2.33. The predicted molar refractivity (Wildman–Crippen MR) is 98.3 cm³/mol. The number of benzene rings is 1. The lowest BCUT2D eigenvalue weighted by Gasteiger charge is -2.37. The maximum atomic E-state index is 10.9. The number of nitrogens with zero attached hydrogens (tertiary/aromatic N) is 2. The number of ether oxygens (including phenoxy) is 1. The highest BCUT2D eigenvalue weighted by molar-refractivity contribution is 5.62. The number of aliphatic hydroxyl groups is 1. The van der Waals surface area contributed by atoms with Gasteiger partial charge in [-0.25, -0.2) is 0 Å². The summed E-state index contributed by atoms with van der Waals surface area (Å²) >= 11 is 0.